The third kappa shape index (κ3) is 3.47. The molecule has 0 spiro atoms. The van der Waals surface area contributed by atoms with Gasteiger partial charge in [-0.3, -0.25) is 4.79 Å². The molecule has 1 N–H and O–H groups in total. The first-order valence-corrected chi connectivity index (χ1v) is 9.97. The van der Waals surface area contributed by atoms with Gasteiger partial charge in [-0.15, -0.1) is 11.3 Å². The van der Waals surface area contributed by atoms with Gasteiger partial charge in [0, 0.05) is 17.8 Å². The Hall–Kier alpha value is -2.67. The van der Waals surface area contributed by atoms with Gasteiger partial charge in [-0.05, 0) is 30.5 Å². The lowest BCUT2D eigenvalue weighted by Crippen LogP contribution is -2.39. The van der Waals surface area contributed by atoms with Crippen molar-refractivity contribution in [2.24, 2.45) is 0 Å². The van der Waals surface area contributed by atoms with Crippen molar-refractivity contribution >= 4 is 17.2 Å². The van der Waals surface area contributed by atoms with Gasteiger partial charge in [0.1, 0.15) is 11.4 Å². The van der Waals surface area contributed by atoms with E-state index in [9.17, 15) is 4.79 Å². The number of fused-ring (bicyclic) bond motifs is 1. The quantitative estimate of drug-likeness (QED) is 0.732. The number of carbonyl (C=O) groups is 1. The van der Waals surface area contributed by atoms with Crippen LogP contribution in [0.15, 0.2) is 36.0 Å². The van der Waals surface area contributed by atoms with E-state index in [2.05, 4.69) is 21.9 Å². The minimum Gasteiger partial charge on any atom is -0.497 e. The second kappa shape index (κ2) is 7.52. The lowest BCUT2D eigenvalue weighted by Gasteiger charge is -2.32. The monoisotopic (exact) mass is 382 g/mol. The number of thiazole rings is 1. The number of nitrogens with one attached hydrogen (secondary N) is 1. The van der Waals surface area contributed by atoms with Gasteiger partial charge in [0.25, 0.3) is 5.91 Å². The number of methoxy groups -OCH3 is 1. The molecule has 7 heteroatoms. The number of imidazole rings is 1. The Morgan fingerprint density at radius 3 is 2.93 bits per heavy atom. The predicted octanol–water partition coefficient (Wildman–Crippen LogP) is 3.62. The molecule has 6 nitrogen and oxygen atoms in total. The molecule has 140 valence electrons. The number of nitrogens with zero attached hydrogens (tertiary/aromatic N) is 3. The topological polar surface area (TPSA) is 71.1 Å². The molecule has 1 unspecified atom stereocenters. The molecule has 1 aliphatic rings. The molecule has 0 radical (unpaired) electrons. The standard InChI is InChI=1S/C20H22N4O2S/c1-3-4-18-23-17(11-27-18)20(25)24-9-15(19-16(10-24)21-12-22-19)13-5-7-14(26-2)8-6-13/h5-8,11-12,15H,3-4,9-10H2,1-2H3,(H,21,22). The Kier molecular flexibility index (Phi) is 4.94. The Morgan fingerprint density at radius 1 is 1.37 bits per heavy atom. The van der Waals surface area contributed by atoms with E-state index >= 15 is 0 Å². The molecule has 0 bridgehead atoms. The van der Waals surface area contributed by atoms with Crippen molar-refractivity contribution in [1.82, 2.24) is 19.9 Å². The average molecular weight is 382 g/mol. The van der Waals surface area contributed by atoms with Crippen molar-refractivity contribution in [3.63, 3.8) is 0 Å². The highest BCUT2D eigenvalue weighted by Gasteiger charge is 2.32. The summed E-state index contributed by atoms with van der Waals surface area (Å²) in [4.78, 5) is 27.1. The summed E-state index contributed by atoms with van der Waals surface area (Å²) >= 11 is 1.56. The van der Waals surface area contributed by atoms with Crippen molar-refractivity contribution in [1.29, 1.82) is 0 Å². The zero-order valence-corrected chi connectivity index (χ0v) is 16.3. The van der Waals surface area contributed by atoms with Crippen LogP contribution in [0.4, 0.5) is 0 Å². The summed E-state index contributed by atoms with van der Waals surface area (Å²) in [5.74, 6) is 0.826. The maximum absolute atomic E-state index is 13.0. The lowest BCUT2D eigenvalue weighted by molar-refractivity contribution is 0.0716. The van der Waals surface area contributed by atoms with Crippen LogP contribution in [0.5, 0.6) is 5.75 Å². The van der Waals surface area contributed by atoms with Crippen LogP contribution in [-0.4, -0.2) is 39.4 Å². The molecule has 27 heavy (non-hydrogen) atoms. The van der Waals surface area contributed by atoms with Crippen molar-refractivity contribution in [3.05, 3.63) is 63.6 Å². The Labute approximate surface area is 162 Å². The summed E-state index contributed by atoms with van der Waals surface area (Å²) in [6.45, 7) is 3.23. The third-order valence-corrected chi connectivity index (χ3v) is 5.78. The van der Waals surface area contributed by atoms with Crippen LogP contribution in [-0.2, 0) is 13.0 Å². The van der Waals surface area contributed by atoms with Gasteiger partial charge in [-0.1, -0.05) is 19.1 Å². The highest BCUT2D eigenvalue weighted by Crippen LogP contribution is 2.33. The molecule has 0 saturated carbocycles. The first-order valence-electron chi connectivity index (χ1n) is 9.09. The molecule has 1 atom stereocenters. The molecule has 4 rings (SSSR count). The number of rotatable bonds is 5. The minimum absolute atomic E-state index is 0.0210. The predicted molar refractivity (Wildman–Crippen MR) is 104 cm³/mol. The van der Waals surface area contributed by atoms with Crippen LogP contribution in [0.3, 0.4) is 0 Å². The van der Waals surface area contributed by atoms with E-state index in [4.69, 9.17) is 4.74 Å². The molecule has 0 aliphatic carbocycles. The number of carbonyl (C=O) groups excluding carboxylic acids is 1. The number of hydrogen-bond donors (Lipinski definition) is 1. The van der Waals surface area contributed by atoms with Gasteiger partial charge in [0.2, 0.25) is 0 Å². The first-order chi connectivity index (χ1) is 13.2. The maximum Gasteiger partial charge on any atom is 0.273 e. The highest BCUT2D eigenvalue weighted by molar-refractivity contribution is 7.09. The smallest absolute Gasteiger partial charge is 0.273 e. The Morgan fingerprint density at radius 2 is 2.19 bits per heavy atom. The third-order valence-electron chi connectivity index (χ3n) is 4.87. The normalized spacial score (nSPS) is 16.2. The van der Waals surface area contributed by atoms with Crippen LogP contribution in [0.2, 0.25) is 0 Å². The number of hydrogen-bond acceptors (Lipinski definition) is 5. The number of amides is 1. The van der Waals surface area contributed by atoms with Crippen LogP contribution in [0, 0.1) is 0 Å². The Balaban J connectivity index is 1.61. The highest BCUT2D eigenvalue weighted by atomic mass is 32.1. The molecule has 1 amide bonds. The maximum atomic E-state index is 13.0. The zero-order chi connectivity index (χ0) is 18.8. The summed E-state index contributed by atoms with van der Waals surface area (Å²) in [5, 5.41) is 2.89. The average Bonchev–Trinajstić information content (AvgIpc) is 3.36. The van der Waals surface area contributed by atoms with E-state index in [1.165, 1.54) is 0 Å². The molecule has 1 aliphatic heterocycles. The second-order valence-corrected chi connectivity index (χ2v) is 7.60. The molecule has 3 aromatic rings. The molecular formula is C20H22N4O2S. The molecule has 1 aromatic carbocycles. The molecular weight excluding hydrogens is 360 g/mol. The number of H-pyrrole nitrogens is 1. The van der Waals surface area contributed by atoms with Crippen LogP contribution in [0.25, 0.3) is 0 Å². The molecule has 2 aromatic heterocycles. The van der Waals surface area contributed by atoms with E-state index in [1.54, 1.807) is 24.8 Å². The van der Waals surface area contributed by atoms with E-state index in [0.717, 1.165) is 40.6 Å². The summed E-state index contributed by atoms with van der Waals surface area (Å²) < 4.78 is 5.26. The van der Waals surface area contributed by atoms with Crippen LogP contribution < -0.4 is 4.74 Å². The summed E-state index contributed by atoms with van der Waals surface area (Å²) in [6, 6.07) is 7.97. The van der Waals surface area contributed by atoms with Gasteiger partial charge in [-0.25, -0.2) is 9.97 Å². The van der Waals surface area contributed by atoms with Crippen molar-refractivity contribution < 1.29 is 9.53 Å². The summed E-state index contributed by atoms with van der Waals surface area (Å²) in [6.07, 6.45) is 3.65. The van der Waals surface area contributed by atoms with Gasteiger partial charge in [0.15, 0.2) is 0 Å². The fourth-order valence-corrected chi connectivity index (χ4v) is 4.35. The van der Waals surface area contributed by atoms with Crippen molar-refractivity contribution in [2.75, 3.05) is 13.7 Å². The number of ether oxygens (including phenoxy) is 1. The van der Waals surface area contributed by atoms with Crippen LogP contribution in [0.1, 0.15) is 51.7 Å². The summed E-state index contributed by atoms with van der Waals surface area (Å²) in [5.41, 5.74) is 3.65. The zero-order valence-electron chi connectivity index (χ0n) is 15.4. The molecule has 0 saturated heterocycles. The van der Waals surface area contributed by atoms with Gasteiger partial charge < -0.3 is 14.6 Å². The Bertz CT molecular complexity index is 932. The van der Waals surface area contributed by atoms with Gasteiger partial charge in [0.05, 0.1) is 36.4 Å². The fourth-order valence-electron chi connectivity index (χ4n) is 3.47. The first kappa shape index (κ1) is 17.7. The van der Waals surface area contributed by atoms with E-state index in [-0.39, 0.29) is 11.8 Å². The van der Waals surface area contributed by atoms with E-state index in [0.29, 0.717) is 18.8 Å². The second-order valence-electron chi connectivity index (χ2n) is 6.65. The van der Waals surface area contributed by atoms with Crippen molar-refractivity contribution in [3.8, 4) is 5.75 Å². The lowest BCUT2D eigenvalue weighted by atomic mass is 9.90. The van der Waals surface area contributed by atoms with Gasteiger partial charge >= 0.3 is 0 Å². The molecule has 0 fully saturated rings. The molecule has 3 heterocycles. The number of aromatic nitrogens is 3. The fraction of sp³-hybridized carbons (Fsp3) is 0.350. The van der Waals surface area contributed by atoms with Crippen LogP contribution >= 0.6 is 11.3 Å². The number of aryl methyl sites for hydroxylation is 1. The van der Waals surface area contributed by atoms with E-state index in [1.807, 2.05) is 34.5 Å². The summed E-state index contributed by atoms with van der Waals surface area (Å²) in [7, 11) is 1.66. The largest absolute Gasteiger partial charge is 0.497 e. The number of benzene rings is 1. The SMILES string of the molecule is CCCc1nc(C(=O)N2Cc3[nH]cnc3C(c3ccc(OC)cc3)C2)cs1. The van der Waals surface area contributed by atoms with E-state index < -0.39 is 0 Å². The van der Waals surface area contributed by atoms with Gasteiger partial charge in [-0.2, -0.15) is 0 Å². The van der Waals surface area contributed by atoms with Crippen molar-refractivity contribution in [2.45, 2.75) is 32.2 Å². The number of aromatic amines is 1. The minimum atomic E-state index is -0.0210.